The quantitative estimate of drug-likeness (QED) is 0.124. The lowest BCUT2D eigenvalue weighted by atomic mass is 10.1. The summed E-state index contributed by atoms with van der Waals surface area (Å²) in [5, 5.41) is 27.0. The number of rotatable bonds is 9. The number of hydrogen-bond acceptors (Lipinski definition) is 11. The number of halogens is 2. The largest absolute Gasteiger partial charge is 0.504 e. The van der Waals surface area contributed by atoms with E-state index >= 15 is 4.39 Å². The van der Waals surface area contributed by atoms with Crippen molar-refractivity contribution in [1.29, 1.82) is 5.41 Å². The fourth-order valence-electron chi connectivity index (χ4n) is 3.82. The van der Waals surface area contributed by atoms with Crippen LogP contribution in [0, 0.1) is 17.0 Å². The summed E-state index contributed by atoms with van der Waals surface area (Å²) in [6.07, 6.45) is 3.09. The molecule has 5 rings (SSSR count). The average Bonchev–Trinajstić information content (AvgIpc) is 3.39. The molecule has 0 bridgehead atoms. The van der Waals surface area contributed by atoms with Crippen LogP contribution in [0.5, 0.6) is 28.9 Å². The summed E-state index contributed by atoms with van der Waals surface area (Å²) in [6, 6.07) is 8.60. The Bertz CT molecular complexity index is 1740. The van der Waals surface area contributed by atoms with Crippen LogP contribution in [0.15, 0.2) is 70.0 Å². The first-order chi connectivity index (χ1) is 20.1. The molecule has 0 aliphatic carbocycles. The normalized spacial score (nSPS) is 12.6. The van der Waals surface area contributed by atoms with Gasteiger partial charge in [0.05, 0.1) is 23.9 Å². The average molecular weight is 594 g/mol. The number of hydrogen-bond donors (Lipinski definition) is 4. The van der Waals surface area contributed by atoms with Gasteiger partial charge in [-0.1, -0.05) is 0 Å². The number of likely N-dealkylation sites (N-methyl/N-ethyl adjacent to an activating group) is 1. The molecule has 0 spiro atoms. The molecular formula is C27H21F2N7O5S. The number of nitrogens with zero attached hydrogens (tertiary/aromatic N) is 5. The Labute approximate surface area is 241 Å². The number of carboxylic acids is 1. The zero-order valence-corrected chi connectivity index (χ0v) is 22.5. The highest BCUT2D eigenvalue weighted by molar-refractivity contribution is 7.99. The van der Waals surface area contributed by atoms with Crippen LogP contribution in [0.25, 0.3) is 0 Å². The number of aromatic carboxylic acids is 1. The van der Waals surface area contributed by atoms with Gasteiger partial charge in [-0.2, -0.15) is 4.39 Å². The van der Waals surface area contributed by atoms with Crippen molar-refractivity contribution in [1.82, 2.24) is 19.9 Å². The molecule has 0 atom stereocenters. The van der Waals surface area contributed by atoms with Gasteiger partial charge < -0.3 is 30.3 Å². The second kappa shape index (κ2) is 11.7. The van der Waals surface area contributed by atoms with Crippen LogP contribution in [0.1, 0.15) is 21.5 Å². The number of carboxylic acid groups (broad SMARTS) is 1. The molecule has 0 saturated carbocycles. The standard InChI is InChI=1S/C27H21F2N7O5S/c1-36-7-6-32-24(36)16-9-15(42-27-34-10-14(11-35-27)26(38)39)3-5-19(16)40-22-17(28)12-33-25(21(22)29)41-20-8-13(23(30)31)2-4-18(20)37/h2-5,8-12,37H,6-7H2,1H3,(H3,30,31)(H,38,39). The molecule has 2 aromatic carbocycles. The van der Waals surface area contributed by atoms with E-state index in [0.717, 1.165) is 11.8 Å². The second-order valence-corrected chi connectivity index (χ2v) is 9.84. The Balaban J connectivity index is 1.48. The van der Waals surface area contributed by atoms with Crippen LogP contribution < -0.4 is 15.2 Å². The number of carbonyl (C=O) groups is 1. The molecule has 5 N–H and O–H groups in total. The van der Waals surface area contributed by atoms with E-state index < -0.39 is 29.2 Å². The maximum Gasteiger partial charge on any atom is 0.338 e. The Hall–Kier alpha value is -5.31. The molecule has 0 fully saturated rings. The molecular weight excluding hydrogens is 572 g/mol. The van der Waals surface area contributed by atoms with E-state index in [-0.39, 0.29) is 39.4 Å². The van der Waals surface area contributed by atoms with Crippen LogP contribution in [-0.4, -0.2) is 67.8 Å². The minimum atomic E-state index is -1.28. The van der Waals surface area contributed by atoms with Crippen LogP contribution in [-0.2, 0) is 0 Å². The molecule has 12 nitrogen and oxygen atoms in total. The Morgan fingerprint density at radius 1 is 1.05 bits per heavy atom. The number of phenols is 1. The molecule has 15 heteroatoms. The molecule has 1 aliphatic heterocycles. The lowest BCUT2D eigenvalue weighted by Crippen LogP contribution is -2.24. The van der Waals surface area contributed by atoms with Crippen LogP contribution in [0.2, 0.25) is 0 Å². The third kappa shape index (κ3) is 5.90. The van der Waals surface area contributed by atoms with Gasteiger partial charge in [0.2, 0.25) is 11.6 Å². The van der Waals surface area contributed by atoms with Gasteiger partial charge in [-0.05, 0) is 48.2 Å². The number of aromatic hydroxyl groups is 1. The summed E-state index contributed by atoms with van der Waals surface area (Å²) >= 11 is 1.14. The predicted molar refractivity (Wildman–Crippen MR) is 147 cm³/mol. The SMILES string of the molecule is CN1CCN=C1c1cc(Sc2ncc(C(=O)O)cn2)ccc1Oc1c(F)cnc(Oc2cc(C(=N)N)ccc2O)c1F. The van der Waals surface area contributed by atoms with Gasteiger partial charge in [0.1, 0.15) is 17.4 Å². The molecule has 2 aromatic heterocycles. The number of amidine groups is 2. The topological polar surface area (TPSA) is 180 Å². The Kier molecular flexibility index (Phi) is 7.84. The monoisotopic (exact) mass is 593 g/mol. The number of aliphatic imine (C=N–C) groups is 1. The van der Waals surface area contributed by atoms with Crippen molar-refractivity contribution in [3.8, 4) is 28.9 Å². The van der Waals surface area contributed by atoms with Gasteiger partial charge in [0.15, 0.2) is 22.5 Å². The minimum absolute atomic E-state index is 0.0581. The highest BCUT2D eigenvalue weighted by atomic mass is 32.2. The second-order valence-electron chi connectivity index (χ2n) is 8.80. The van der Waals surface area contributed by atoms with Crippen LogP contribution in [0.3, 0.4) is 0 Å². The fraction of sp³-hybridized carbons (Fsp3) is 0.111. The van der Waals surface area contributed by atoms with E-state index in [1.54, 1.807) is 12.1 Å². The first kappa shape index (κ1) is 28.2. The van der Waals surface area contributed by atoms with Crippen molar-refractivity contribution in [2.75, 3.05) is 20.1 Å². The maximum atomic E-state index is 15.5. The van der Waals surface area contributed by atoms with Gasteiger partial charge in [-0.15, -0.1) is 0 Å². The predicted octanol–water partition coefficient (Wildman–Crippen LogP) is 4.27. The molecule has 0 saturated heterocycles. The number of nitrogens with one attached hydrogen (secondary N) is 1. The van der Waals surface area contributed by atoms with Crippen molar-refractivity contribution in [2.24, 2.45) is 10.7 Å². The summed E-state index contributed by atoms with van der Waals surface area (Å²) in [5.41, 5.74) is 6.04. The molecule has 3 heterocycles. The zero-order valence-electron chi connectivity index (χ0n) is 21.7. The Morgan fingerprint density at radius 3 is 2.48 bits per heavy atom. The number of aromatic nitrogens is 3. The molecule has 1 aliphatic rings. The van der Waals surface area contributed by atoms with Crippen molar-refractivity contribution in [3.05, 3.63) is 83.3 Å². The van der Waals surface area contributed by atoms with Gasteiger partial charge in [-0.3, -0.25) is 10.4 Å². The summed E-state index contributed by atoms with van der Waals surface area (Å²) in [6.45, 7) is 1.12. The van der Waals surface area contributed by atoms with Crippen LogP contribution >= 0.6 is 11.8 Å². The summed E-state index contributed by atoms with van der Waals surface area (Å²) in [4.78, 5) is 29.8. The molecule has 0 unspecified atom stereocenters. The van der Waals surface area contributed by atoms with Crippen molar-refractivity contribution >= 4 is 29.4 Å². The lowest BCUT2D eigenvalue weighted by molar-refractivity contribution is 0.0695. The van der Waals surface area contributed by atoms with Crippen molar-refractivity contribution < 1.29 is 33.3 Å². The summed E-state index contributed by atoms with van der Waals surface area (Å²) in [7, 11) is 1.81. The van der Waals surface area contributed by atoms with E-state index in [4.69, 9.17) is 25.7 Å². The fourth-order valence-corrected chi connectivity index (χ4v) is 4.55. The third-order valence-corrected chi connectivity index (χ3v) is 6.81. The van der Waals surface area contributed by atoms with E-state index in [0.29, 0.717) is 35.6 Å². The first-order valence-electron chi connectivity index (χ1n) is 12.1. The van der Waals surface area contributed by atoms with E-state index in [1.165, 1.54) is 36.7 Å². The molecule has 214 valence electrons. The van der Waals surface area contributed by atoms with E-state index in [1.807, 2.05) is 11.9 Å². The van der Waals surface area contributed by atoms with E-state index in [2.05, 4.69) is 19.9 Å². The highest BCUT2D eigenvalue weighted by Gasteiger charge is 2.25. The van der Waals surface area contributed by atoms with E-state index in [9.17, 15) is 14.3 Å². The third-order valence-electron chi connectivity index (χ3n) is 5.92. The first-order valence-corrected chi connectivity index (χ1v) is 12.9. The molecule has 0 amide bonds. The minimum Gasteiger partial charge on any atom is -0.504 e. The number of pyridine rings is 1. The smallest absolute Gasteiger partial charge is 0.338 e. The van der Waals surface area contributed by atoms with Crippen molar-refractivity contribution in [2.45, 2.75) is 10.1 Å². The van der Waals surface area contributed by atoms with Gasteiger partial charge >= 0.3 is 5.97 Å². The number of nitrogen functional groups attached to an aromatic ring is 1. The number of nitrogens with two attached hydrogens (primary N) is 1. The lowest BCUT2D eigenvalue weighted by Gasteiger charge is -2.19. The number of ether oxygens (including phenoxy) is 2. The number of phenolic OH excluding ortho intramolecular Hbond substituents is 1. The maximum absolute atomic E-state index is 15.5. The van der Waals surface area contributed by atoms with Crippen molar-refractivity contribution in [3.63, 3.8) is 0 Å². The van der Waals surface area contributed by atoms with Gasteiger partial charge in [0.25, 0.3) is 5.88 Å². The molecule has 4 aromatic rings. The van der Waals surface area contributed by atoms with Gasteiger partial charge in [0, 0.05) is 36.4 Å². The van der Waals surface area contributed by atoms with Gasteiger partial charge in [-0.25, -0.2) is 24.1 Å². The molecule has 42 heavy (non-hydrogen) atoms. The summed E-state index contributed by atoms with van der Waals surface area (Å²) < 4.78 is 41.5. The molecule has 0 radical (unpaired) electrons. The summed E-state index contributed by atoms with van der Waals surface area (Å²) in [5.74, 6) is -5.39. The number of benzene rings is 2. The highest BCUT2D eigenvalue weighted by Crippen LogP contribution is 2.39. The Morgan fingerprint density at radius 2 is 1.81 bits per heavy atom. The van der Waals surface area contributed by atoms with Crippen LogP contribution in [0.4, 0.5) is 8.78 Å². The zero-order chi connectivity index (χ0) is 30.0.